The summed E-state index contributed by atoms with van der Waals surface area (Å²) in [5, 5.41) is 0. The lowest BCUT2D eigenvalue weighted by Crippen LogP contribution is -2.47. The number of hydrogen-bond donors (Lipinski definition) is 1. The first kappa shape index (κ1) is 20.5. The predicted molar refractivity (Wildman–Crippen MR) is 97.5 cm³/mol. The van der Waals surface area contributed by atoms with Crippen LogP contribution < -0.4 is 4.72 Å². The first-order chi connectivity index (χ1) is 11.6. The predicted octanol–water partition coefficient (Wildman–Crippen LogP) is 2.34. The zero-order valence-electron chi connectivity index (χ0n) is 16.0. The molecule has 0 atom stereocenters. The van der Waals surface area contributed by atoms with Gasteiger partial charge in [0, 0.05) is 32.7 Å². The number of carbonyl (C=O) groups is 1. The highest BCUT2D eigenvalue weighted by Gasteiger charge is 2.30. The summed E-state index contributed by atoms with van der Waals surface area (Å²) in [4.78, 5) is 13.8. The SMILES string of the molecule is CN(CC1CCN(C(=O)OC(C)(C)C)CC1)S(=O)(=O)NC1CCCC1. The molecule has 1 aliphatic carbocycles. The van der Waals surface area contributed by atoms with E-state index in [0.717, 1.165) is 38.5 Å². The van der Waals surface area contributed by atoms with Crippen LogP contribution in [0, 0.1) is 5.92 Å². The zero-order chi connectivity index (χ0) is 18.7. The number of rotatable bonds is 5. The van der Waals surface area contributed by atoms with Gasteiger partial charge in [0.25, 0.3) is 10.2 Å². The van der Waals surface area contributed by atoms with E-state index in [-0.39, 0.29) is 18.1 Å². The molecule has 0 bridgehead atoms. The van der Waals surface area contributed by atoms with Crippen molar-refractivity contribution in [3.63, 3.8) is 0 Å². The van der Waals surface area contributed by atoms with Crippen molar-refractivity contribution < 1.29 is 17.9 Å². The van der Waals surface area contributed by atoms with Crippen LogP contribution in [-0.4, -0.2) is 62.0 Å². The minimum absolute atomic E-state index is 0.0847. The quantitative estimate of drug-likeness (QED) is 0.800. The fraction of sp³-hybridized carbons (Fsp3) is 0.941. The molecular weight excluding hydrogens is 342 g/mol. The van der Waals surface area contributed by atoms with Crippen molar-refractivity contribution in [2.24, 2.45) is 5.92 Å². The summed E-state index contributed by atoms with van der Waals surface area (Å²) in [5.41, 5.74) is -0.492. The molecule has 25 heavy (non-hydrogen) atoms. The molecule has 2 fully saturated rings. The second-order valence-electron chi connectivity index (χ2n) is 8.30. The van der Waals surface area contributed by atoms with E-state index in [1.54, 1.807) is 11.9 Å². The number of amides is 1. The Morgan fingerprint density at radius 3 is 2.24 bits per heavy atom. The molecule has 0 unspecified atom stereocenters. The van der Waals surface area contributed by atoms with Crippen LogP contribution in [0.15, 0.2) is 0 Å². The highest BCUT2D eigenvalue weighted by molar-refractivity contribution is 7.87. The summed E-state index contributed by atoms with van der Waals surface area (Å²) in [7, 11) is -1.78. The van der Waals surface area contributed by atoms with Crippen molar-refractivity contribution >= 4 is 16.3 Å². The van der Waals surface area contributed by atoms with Gasteiger partial charge >= 0.3 is 6.09 Å². The fourth-order valence-corrected chi connectivity index (χ4v) is 4.67. The van der Waals surface area contributed by atoms with E-state index < -0.39 is 15.8 Å². The third-order valence-electron chi connectivity index (χ3n) is 4.86. The number of likely N-dealkylation sites (tertiary alicyclic amines) is 1. The second-order valence-corrected chi connectivity index (χ2v) is 10.1. The summed E-state index contributed by atoms with van der Waals surface area (Å²) >= 11 is 0. The topological polar surface area (TPSA) is 79.0 Å². The van der Waals surface area contributed by atoms with Crippen molar-refractivity contribution in [2.75, 3.05) is 26.7 Å². The third-order valence-corrected chi connectivity index (χ3v) is 6.46. The number of nitrogens with zero attached hydrogens (tertiary/aromatic N) is 2. The van der Waals surface area contributed by atoms with E-state index in [4.69, 9.17) is 4.74 Å². The summed E-state index contributed by atoms with van der Waals surface area (Å²) in [6.07, 6.45) is 5.36. The molecule has 0 radical (unpaired) electrons. The molecular formula is C17H33N3O4S. The van der Waals surface area contributed by atoms with Crippen LogP contribution in [0.25, 0.3) is 0 Å². The highest BCUT2D eigenvalue weighted by atomic mass is 32.2. The number of nitrogens with one attached hydrogen (secondary N) is 1. The van der Waals surface area contributed by atoms with Crippen LogP contribution >= 0.6 is 0 Å². The molecule has 1 saturated carbocycles. The lowest BCUT2D eigenvalue weighted by molar-refractivity contribution is 0.0179. The first-order valence-corrected chi connectivity index (χ1v) is 10.7. The van der Waals surface area contributed by atoms with Gasteiger partial charge in [-0.1, -0.05) is 12.8 Å². The lowest BCUT2D eigenvalue weighted by atomic mass is 9.97. The van der Waals surface area contributed by atoms with Crippen molar-refractivity contribution in [1.82, 2.24) is 13.9 Å². The molecule has 2 aliphatic rings. The molecule has 1 heterocycles. The van der Waals surface area contributed by atoms with E-state index in [0.29, 0.717) is 19.6 Å². The van der Waals surface area contributed by atoms with E-state index >= 15 is 0 Å². The largest absolute Gasteiger partial charge is 0.444 e. The van der Waals surface area contributed by atoms with Crippen molar-refractivity contribution in [2.45, 2.75) is 70.9 Å². The average molecular weight is 376 g/mol. The van der Waals surface area contributed by atoms with Gasteiger partial charge in [-0.15, -0.1) is 0 Å². The smallest absolute Gasteiger partial charge is 0.410 e. The maximum absolute atomic E-state index is 12.4. The van der Waals surface area contributed by atoms with Crippen LogP contribution in [-0.2, 0) is 14.9 Å². The standard InChI is InChI=1S/C17H33N3O4S/c1-17(2,3)24-16(21)20-11-9-14(10-12-20)13-19(4)25(22,23)18-15-7-5-6-8-15/h14-15,18H,5-13H2,1-4H3. The molecule has 1 saturated heterocycles. The monoisotopic (exact) mass is 375 g/mol. The van der Waals surface area contributed by atoms with Gasteiger partial charge < -0.3 is 9.64 Å². The molecule has 1 aliphatic heterocycles. The van der Waals surface area contributed by atoms with Crippen LogP contribution in [0.1, 0.15) is 59.3 Å². The minimum atomic E-state index is -3.42. The highest BCUT2D eigenvalue weighted by Crippen LogP contribution is 2.22. The van der Waals surface area contributed by atoms with E-state index in [2.05, 4.69) is 4.72 Å². The average Bonchev–Trinajstić information content (AvgIpc) is 2.98. The number of carbonyl (C=O) groups excluding carboxylic acids is 1. The van der Waals surface area contributed by atoms with E-state index in [1.165, 1.54) is 4.31 Å². The molecule has 0 aromatic carbocycles. The maximum Gasteiger partial charge on any atom is 0.410 e. The molecule has 1 N–H and O–H groups in total. The molecule has 8 heteroatoms. The number of ether oxygens (including phenoxy) is 1. The summed E-state index contributed by atoms with van der Waals surface area (Å²) < 4.78 is 34.5. The molecule has 0 aromatic rings. The molecule has 7 nitrogen and oxygen atoms in total. The molecule has 0 aromatic heterocycles. The van der Waals surface area contributed by atoms with E-state index in [9.17, 15) is 13.2 Å². The molecule has 0 spiro atoms. The normalized spacial score (nSPS) is 21.1. The van der Waals surface area contributed by atoms with Crippen molar-refractivity contribution in [1.29, 1.82) is 0 Å². The Kier molecular flexibility index (Phi) is 6.73. The summed E-state index contributed by atoms with van der Waals surface area (Å²) in [5.74, 6) is 0.267. The number of piperidine rings is 1. The molecule has 146 valence electrons. The van der Waals surface area contributed by atoms with Gasteiger partial charge in [-0.05, 0) is 52.4 Å². The van der Waals surface area contributed by atoms with Gasteiger partial charge in [-0.2, -0.15) is 17.4 Å². The van der Waals surface area contributed by atoms with Crippen LogP contribution in [0.2, 0.25) is 0 Å². The Labute approximate surface area is 152 Å². The maximum atomic E-state index is 12.4. The van der Waals surface area contributed by atoms with Gasteiger partial charge in [0.1, 0.15) is 5.60 Å². The van der Waals surface area contributed by atoms with Crippen LogP contribution in [0.4, 0.5) is 4.79 Å². The van der Waals surface area contributed by atoms with E-state index in [1.807, 2.05) is 20.8 Å². The Morgan fingerprint density at radius 1 is 1.16 bits per heavy atom. The Hall–Kier alpha value is -0.860. The lowest BCUT2D eigenvalue weighted by Gasteiger charge is -2.34. The minimum Gasteiger partial charge on any atom is -0.444 e. The van der Waals surface area contributed by atoms with Crippen molar-refractivity contribution in [3.05, 3.63) is 0 Å². The van der Waals surface area contributed by atoms with Gasteiger partial charge in [0.05, 0.1) is 0 Å². The fourth-order valence-electron chi connectivity index (χ4n) is 3.43. The Balaban J connectivity index is 1.78. The van der Waals surface area contributed by atoms with Gasteiger partial charge in [-0.3, -0.25) is 0 Å². The van der Waals surface area contributed by atoms with Crippen LogP contribution in [0.5, 0.6) is 0 Å². The van der Waals surface area contributed by atoms with Crippen molar-refractivity contribution in [3.8, 4) is 0 Å². The Bertz CT molecular complexity index is 545. The zero-order valence-corrected chi connectivity index (χ0v) is 16.8. The number of hydrogen-bond acceptors (Lipinski definition) is 4. The summed E-state index contributed by atoms with van der Waals surface area (Å²) in [6, 6.07) is 0.0847. The van der Waals surface area contributed by atoms with Gasteiger partial charge in [-0.25, -0.2) is 4.79 Å². The summed E-state index contributed by atoms with van der Waals surface area (Å²) in [6.45, 7) is 7.29. The van der Waals surface area contributed by atoms with Gasteiger partial charge in [0.15, 0.2) is 0 Å². The van der Waals surface area contributed by atoms with Crippen LogP contribution in [0.3, 0.4) is 0 Å². The third kappa shape index (κ3) is 6.42. The Morgan fingerprint density at radius 2 is 1.72 bits per heavy atom. The van der Waals surface area contributed by atoms with Gasteiger partial charge in [0.2, 0.25) is 0 Å². The second kappa shape index (κ2) is 8.22. The molecule has 1 amide bonds. The first-order valence-electron chi connectivity index (χ1n) is 9.28. The molecule has 2 rings (SSSR count).